The first kappa shape index (κ1) is 19.8. The molecule has 0 amide bonds. The van der Waals surface area contributed by atoms with Gasteiger partial charge in [0.25, 0.3) is 5.56 Å². The zero-order valence-corrected chi connectivity index (χ0v) is 18.8. The molecule has 0 aliphatic carbocycles. The molecule has 1 fully saturated rings. The van der Waals surface area contributed by atoms with Gasteiger partial charge in [0.15, 0.2) is 0 Å². The zero-order chi connectivity index (χ0) is 21.5. The number of rotatable bonds is 4. The van der Waals surface area contributed by atoms with Gasteiger partial charge in [0.1, 0.15) is 10.6 Å². The van der Waals surface area contributed by atoms with Gasteiger partial charge in [-0.15, -0.1) is 11.3 Å². The monoisotopic (exact) mass is 446 g/mol. The Kier molecular flexibility index (Phi) is 5.13. The Morgan fingerprint density at radius 2 is 1.91 bits per heavy atom. The van der Waals surface area contributed by atoms with Gasteiger partial charge >= 0.3 is 0 Å². The van der Waals surface area contributed by atoms with Gasteiger partial charge in [0, 0.05) is 62.3 Å². The summed E-state index contributed by atoms with van der Waals surface area (Å²) in [5.74, 6) is 1.07. The van der Waals surface area contributed by atoms with Gasteiger partial charge in [0.2, 0.25) is 0 Å². The van der Waals surface area contributed by atoms with E-state index in [9.17, 15) is 4.79 Å². The van der Waals surface area contributed by atoms with Crippen LogP contribution in [0.4, 0.5) is 5.82 Å². The van der Waals surface area contributed by atoms with E-state index < -0.39 is 0 Å². The fraction of sp³-hybridized carbons (Fsp3) is 0.375. The van der Waals surface area contributed by atoms with Crippen molar-refractivity contribution in [2.45, 2.75) is 19.5 Å². The highest BCUT2D eigenvalue weighted by Crippen LogP contribution is 2.29. The third kappa shape index (κ3) is 3.48. The van der Waals surface area contributed by atoms with Crippen molar-refractivity contribution in [2.75, 3.05) is 44.2 Å². The van der Waals surface area contributed by atoms with Gasteiger partial charge in [-0.25, -0.2) is 9.97 Å². The van der Waals surface area contributed by atoms with Gasteiger partial charge in [0.05, 0.1) is 11.7 Å². The number of anilines is 1. The number of piperazine rings is 1. The number of thiophene rings is 1. The van der Waals surface area contributed by atoms with Gasteiger partial charge in [-0.1, -0.05) is 24.3 Å². The number of nitrogens with zero attached hydrogens (tertiary/aromatic N) is 5. The number of hydrogen-bond acceptors (Lipinski definition) is 7. The minimum atomic E-state index is 0.119. The third-order valence-corrected chi connectivity index (χ3v) is 7.82. The Labute approximate surface area is 190 Å². The number of hydrogen-bond donors (Lipinski definition) is 1. The average Bonchev–Trinajstić information content (AvgIpc) is 3.23. The number of pyridine rings is 1. The third-order valence-electron chi connectivity index (χ3n) is 6.68. The molecule has 1 saturated heterocycles. The smallest absolute Gasteiger partial charge is 0.262 e. The average molecular weight is 447 g/mol. The van der Waals surface area contributed by atoms with Crippen molar-refractivity contribution in [2.24, 2.45) is 0 Å². The Morgan fingerprint density at radius 1 is 1.03 bits per heavy atom. The van der Waals surface area contributed by atoms with Crippen LogP contribution in [0.3, 0.4) is 0 Å². The summed E-state index contributed by atoms with van der Waals surface area (Å²) in [6.45, 7) is 7.14. The second-order valence-electron chi connectivity index (χ2n) is 8.54. The van der Waals surface area contributed by atoms with Crippen molar-refractivity contribution in [3.63, 3.8) is 0 Å². The van der Waals surface area contributed by atoms with Crippen LogP contribution in [0.25, 0.3) is 21.0 Å². The van der Waals surface area contributed by atoms with Crippen molar-refractivity contribution >= 4 is 38.1 Å². The highest BCUT2D eigenvalue weighted by atomic mass is 32.1. The second kappa shape index (κ2) is 8.27. The summed E-state index contributed by atoms with van der Waals surface area (Å²) in [5.41, 5.74) is 1.33. The van der Waals surface area contributed by atoms with Crippen molar-refractivity contribution in [1.82, 2.24) is 24.8 Å². The lowest BCUT2D eigenvalue weighted by Gasteiger charge is -2.35. The molecule has 0 unspecified atom stereocenters. The highest BCUT2D eigenvalue weighted by Gasteiger charge is 2.22. The Hall–Kier alpha value is -2.81. The van der Waals surface area contributed by atoms with Crippen molar-refractivity contribution in [1.29, 1.82) is 0 Å². The largest absolute Gasteiger partial charge is 0.354 e. The fourth-order valence-corrected chi connectivity index (χ4v) is 6.04. The molecule has 1 N–H and O–H groups in total. The van der Waals surface area contributed by atoms with Crippen LogP contribution in [-0.4, -0.2) is 58.7 Å². The van der Waals surface area contributed by atoms with Gasteiger partial charge in [-0.05, 0) is 30.0 Å². The van der Waals surface area contributed by atoms with Crippen molar-refractivity contribution in [3.8, 4) is 0 Å². The summed E-state index contributed by atoms with van der Waals surface area (Å²) in [5, 5.41) is 6.68. The number of aromatic nitrogens is 3. The molecule has 8 heteroatoms. The second-order valence-corrected chi connectivity index (χ2v) is 9.62. The first-order chi connectivity index (χ1) is 15.8. The topological polar surface area (TPSA) is 66.3 Å². The molecule has 0 radical (unpaired) electrons. The summed E-state index contributed by atoms with van der Waals surface area (Å²) < 4.78 is 1.80. The fourth-order valence-electron chi connectivity index (χ4n) is 4.90. The zero-order valence-electron chi connectivity index (χ0n) is 18.0. The van der Waals surface area contributed by atoms with Crippen LogP contribution in [0.1, 0.15) is 10.4 Å². The van der Waals surface area contributed by atoms with Gasteiger partial charge in [-0.2, -0.15) is 0 Å². The standard InChI is InChI=1S/C24H26N6OS/c31-24-21-19-6-7-25-15-20(19)32-23(21)27-16-30(24)14-11-28-9-12-29(13-10-28)22-18-4-2-1-3-17(18)5-8-26-22/h1-5,8,16,25H,6-7,9-15H2. The highest BCUT2D eigenvalue weighted by molar-refractivity contribution is 7.18. The van der Waals surface area contributed by atoms with Gasteiger partial charge < -0.3 is 10.2 Å². The molecule has 0 spiro atoms. The molecule has 3 aromatic heterocycles. The molecule has 164 valence electrons. The van der Waals surface area contributed by atoms with Crippen molar-refractivity contribution in [3.05, 3.63) is 63.7 Å². The molecule has 5 heterocycles. The summed E-state index contributed by atoms with van der Waals surface area (Å²) in [6.07, 6.45) is 4.55. The summed E-state index contributed by atoms with van der Waals surface area (Å²) in [6, 6.07) is 10.5. The molecule has 2 aliphatic rings. The van der Waals surface area contributed by atoms with E-state index in [0.29, 0.717) is 6.54 Å². The molecule has 1 aromatic carbocycles. The maximum absolute atomic E-state index is 13.2. The maximum Gasteiger partial charge on any atom is 0.262 e. The molecule has 6 rings (SSSR count). The van der Waals surface area contributed by atoms with E-state index in [2.05, 4.69) is 55.4 Å². The lowest BCUT2D eigenvalue weighted by atomic mass is 10.1. The number of fused-ring (bicyclic) bond motifs is 4. The van der Waals surface area contributed by atoms with Gasteiger partial charge in [-0.3, -0.25) is 14.3 Å². The molecule has 0 atom stereocenters. The Balaban J connectivity index is 1.14. The van der Waals surface area contributed by atoms with Crippen molar-refractivity contribution < 1.29 is 0 Å². The van der Waals surface area contributed by atoms with Crippen LogP contribution in [0.5, 0.6) is 0 Å². The Morgan fingerprint density at radius 3 is 2.81 bits per heavy atom. The first-order valence-corrected chi connectivity index (χ1v) is 12.1. The van der Waals surface area contributed by atoms with E-state index in [4.69, 9.17) is 0 Å². The Bertz CT molecular complexity index is 1330. The van der Waals surface area contributed by atoms with E-state index in [1.165, 1.54) is 21.2 Å². The van der Waals surface area contributed by atoms with E-state index in [1.54, 1.807) is 22.2 Å². The molecular weight excluding hydrogens is 420 g/mol. The quantitative estimate of drug-likeness (QED) is 0.520. The van der Waals surface area contributed by atoms with Crippen LogP contribution >= 0.6 is 11.3 Å². The summed E-state index contributed by atoms with van der Waals surface area (Å²) >= 11 is 1.66. The van der Waals surface area contributed by atoms with Crippen LogP contribution < -0.4 is 15.8 Å². The van der Waals surface area contributed by atoms with E-state index in [-0.39, 0.29) is 5.56 Å². The number of benzene rings is 1. The SMILES string of the molecule is O=c1c2c3c(sc2ncn1CCN1CCN(c2nccc4ccccc24)CC1)CNCC3. The van der Waals surface area contributed by atoms with E-state index >= 15 is 0 Å². The normalized spacial score (nSPS) is 17.2. The molecule has 32 heavy (non-hydrogen) atoms. The van der Waals surface area contributed by atoms with Crippen LogP contribution in [0.15, 0.2) is 47.7 Å². The summed E-state index contributed by atoms with van der Waals surface area (Å²) in [4.78, 5) is 29.4. The molecule has 0 bridgehead atoms. The first-order valence-electron chi connectivity index (χ1n) is 11.3. The van der Waals surface area contributed by atoms with E-state index in [1.807, 2.05) is 6.20 Å². The predicted octanol–water partition coefficient (Wildman–Crippen LogP) is 2.47. The van der Waals surface area contributed by atoms with Crippen LogP contribution in [0, 0.1) is 0 Å². The molecule has 7 nitrogen and oxygen atoms in total. The number of nitrogens with one attached hydrogen (secondary N) is 1. The lowest BCUT2D eigenvalue weighted by molar-refractivity contribution is 0.246. The molecule has 0 saturated carbocycles. The minimum Gasteiger partial charge on any atom is -0.354 e. The maximum atomic E-state index is 13.2. The molecular formula is C24H26N6OS. The molecule has 2 aliphatic heterocycles. The van der Waals surface area contributed by atoms with Crippen LogP contribution in [0.2, 0.25) is 0 Å². The van der Waals surface area contributed by atoms with Crippen LogP contribution in [-0.2, 0) is 19.5 Å². The molecule has 4 aromatic rings. The van der Waals surface area contributed by atoms with E-state index in [0.717, 1.165) is 68.3 Å². The lowest BCUT2D eigenvalue weighted by Crippen LogP contribution is -2.47. The minimum absolute atomic E-state index is 0.119. The predicted molar refractivity (Wildman–Crippen MR) is 130 cm³/mol. The summed E-state index contributed by atoms with van der Waals surface area (Å²) in [7, 11) is 0.